The molecule has 1 saturated carbocycles. The lowest BCUT2D eigenvalue weighted by atomic mass is 10.1. The quantitative estimate of drug-likeness (QED) is 0.845. The van der Waals surface area contributed by atoms with Crippen molar-refractivity contribution in [1.29, 1.82) is 0 Å². The Bertz CT molecular complexity index is 605. The second-order valence-corrected chi connectivity index (χ2v) is 6.20. The zero-order valence-electron chi connectivity index (χ0n) is 10.4. The molecule has 1 amide bonds. The van der Waals surface area contributed by atoms with Crippen LogP contribution >= 0.6 is 11.3 Å². The average Bonchev–Trinajstić information content (AvgIpc) is 3.18. The number of hydrogen-bond donors (Lipinski definition) is 0. The molecule has 1 aliphatic carbocycles. The molecule has 5 heteroatoms. The summed E-state index contributed by atoms with van der Waals surface area (Å²) in [6.45, 7) is 0.919. The van der Waals surface area contributed by atoms with Crippen LogP contribution in [0.3, 0.4) is 0 Å². The number of thiazole rings is 1. The van der Waals surface area contributed by atoms with Crippen molar-refractivity contribution in [2.75, 3.05) is 6.54 Å². The molecule has 0 N–H and O–H groups in total. The number of carbonyl (C=O) groups excluding carboxylic acids is 1. The van der Waals surface area contributed by atoms with Gasteiger partial charge in [-0.3, -0.25) is 4.79 Å². The standard InChI is InChI=1S/C14H14N2O2S/c17-14(16-6-9-1-2-11(16)5-9)12-8-19-13(15-12)10-3-4-18-7-10/h3-4,7-9,11H,1-2,5-6H2. The maximum absolute atomic E-state index is 12.5. The van der Waals surface area contributed by atoms with Crippen LogP contribution in [0.25, 0.3) is 10.6 Å². The molecular formula is C14H14N2O2S. The molecule has 0 aromatic carbocycles. The van der Waals surface area contributed by atoms with Gasteiger partial charge in [-0.05, 0) is 31.2 Å². The van der Waals surface area contributed by atoms with Gasteiger partial charge in [0.2, 0.25) is 0 Å². The molecule has 4 rings (SSSR count). The van der Waals surface area contributed by atoms with E-state index in [4.69, 9.17) is 4.42 Å². The zero-order valence-corrected chi connectivity index (χ0v) is 11.2. The van der Waals surface area contributed by atoms with Crippen LogP contribution in [0, 0.1) is 5.92 Å². The van der Waals surface area contributed by atoms with Gasteiger partial charge in [-0.1, -0.05) is 0 Å². The lowest BCUT2D eigenvalue weighted by Gasteiger charge is -2.26. The van der Waals surface area contributed by atoms with E-state index >= 15 is 0 Å². The molecule has 0 spiro atoms. The van der Waals surface area contributed by atoms with Gasteiger partial charge in [0.05, 0.1) is 6.26 Å². The van der Waals surface area contributed by atoms with E-state index in [0.717, 1.165) is 29.5 Å². The maximum Gasteiger partial charge on any atom is 0.273 e. The first kappa shape index (κ1) is 11.2. The van der Waals surface area contributed by atoms with Crippen molar-refractivity contribution in [3.05, 3.63) is 29.7 Å². The molecule has 0 radical (unpaired) electrons. The van der Waals surface area contributed by atoms with Crippen molar-refractivity contribution < 1.29 is 9.21 Å². The molecule has 19 heavy (non-hydrogen) atoms. The van der Waals surface area contributed by atoms with E-state index in [9.17, 15) is 4.79 Å². The fourth-order valence-corrected chi connectivity index (χ4v) is 3.99. The third-order valence-electron chi connectivity index (χ3n) is 4.16. The van der Waals surface area contributed by atoms with Crippen molar-refractivity contribution in [3.8, 4) is 10.6 Å². The Hall–Kier alpha value is -1.62. The number of aromatic nitrogens is 1. The summed E-state index contributed by atoms with van der Waals surface area (Å²) in [5, 5.41) is 2.71. The van der Waals surface area contributed by atoms with E-state index in [0.29, 0.717) is 11.7 Å². The summed E-state index contributed by atoms with van der Waals surface area (Å²) in [5.74, 6) is 0.819. The van der Waals surface area contributed by atoms with Gasteiger partial charge in [0.25, 0.3) is 5.91 Å². The van der Waals surface area contributed by atoms with Gasteiger partial charge in [0, 0.05) is 23.5 Å². The molecule has 1 aliphatic heterocycles. The molecule has 4 nitrogen and oxygen atoms in total. The van der Waals surface area contributed by atoms with Gasteiger partial charge in [0.15, 0.2) is 0 Å². The highest BCUT2D eigenvalue weighted by atomic mass is 32.1. The summed E-state index contributed by atoms with van der Waals surface area (Å²) in [6, 6.07) is 2.32. The summed E-state index contributed by atoms with van der Waals surface area (Å²) >= 11 is 1.50. The van der Waals surface area contributed by atoms with Gasteiger partial charge in [-0.2, -0.15) is 0 Å². The number of likely N-dealkylation sites (tertiary alicyclic amines) is 1. The van der Waals surface area contributed by atoms with Crippen molar-refractivity contribution in [1.82, 2.24) is 9.88 Å². The Labute approximate surface area is 115 Å². The van der Waals surface area contributed by atoms with Crippen LogP contribution < -0.4 is 0 Å². The number of nitrogens with zero attached hydrogens (tertiary/aromatic N) is 2. The molecule has 2 aliphatic rings. The number of rotatable bonds is 2. The highest BCUT2D eigenvalue weighted by Crippen LogP contribution is 2.38. The first-order valence-electron chi connectivity index (χ1n) is 6.60. The van der Waals surface area contributed by atoms with Crippen LogP contribution in [0.5, 0.6) is 0 Å². The monoisotopic (exact) mass is 274 g/mol. The van der Waals surface area contributed by atoms with Crippen molar-refractivity contribution >= 4 is 17.2 Å². The van der Waals surface area contributed by atoms with Crippen LogP contribution in [-0.2, 0) is 0 Å². The molecule has 2 bridgehead atoms. The minimum Gasteiger partial charge on any atom is -0.472 e. The first-order chi connectivity index (χ1) is 9.31. The maximum atomic E-state index is 12.5. The number of amides is 1. The fourth-order valence-electron chi connectivity index (χ4n) is 3.21. The van der Waals surface area contributed by atoms with Crippen molar-refractivity contribution in [2.45, 2.75) is 25.3 Å². The average molecular weight is 274 g/mol. The van der Waals surface area contributed by atoms with Crippen LogP contribution in [0.15, 0.2) is 28.4 Å². The Kier molecular flexibility index (Phi) is 2.48. The molecule has 2 aromatic rings. The zero-order chi connectivity index (χ0) is 12.8. The highest BCUT2D eigenvalue weighted by Gasteiger charge is 2.40. The SMILES string of the molecule is O=C(c1csc(-c2ccoc2)n1)N1CC2CCC1C2. The molecular weight excluding hydrogens is 260 g/mol. The largest absolute Gasteiger partial charge is 0.472 e. The van der Waals surface area contributed by atoms with Crippen molar-refractivity contribution in [3.63, 3.8) is 0 Å². The Morgan fingerprint density at radius 2 is 2.42 bits per heavy atom. The normalized spacial score (nSPS) is 25.2. The van der Waals surface area contributed by atoms with Gasteiger partial charge in [0.1, 0.15) is 17.0 Å². The Balaban J connectivity index is 1.58. The molecule has 2 aromatic heterocycles. The second kappa shape index (κ2) is 4.20. The molecule has 2 unspecified atom stereocenters. The lowest BCUT2D eigenvalue weighted by molar-refractivity contribution is 0.0698. The minimum absolute atomic E-state index is 0.0956. The third kappa shape index (κ3) is 1.80. The van der Waals surface area contributed by atoms with Crippen LogP contribution in [0.2, 0.25) is 0 Å². The van der Waals surface area contributed by atoms with Gasteiger partial charge in [-0.25, -0.2) is 4.98 Å². The molecule has 2 fully saturated rings. The number of carbonyl (C=O) groups is 1. The highest BCUT2D eigenvalue weighted by molar-refractivity contribution is 7.13. The molecule has 3 heterocycles. The molecule has 1 saturated heterocycles. The van der Waals surface area contributed by atoms with E-state index in [1.54, 1.807) is 12.5 Å². The summed E-state index contributed by atoms with van der Waals surface area (Å²) in [4.78, 5) is 18.9. The number of fused-ring (bicyclic) bond motifs is 2. The Morgan fingerprint density at radius 3 is 3.11 bits per heavy atom. The second-order valence-electron chi connectivity index (χ2n) is 5.34. The van der Waals surface area contributed by atoms with E-state index in [2.05, 4.69) is 4.98 Å². The van der Waals surface area contributed by atoms with Crippen LogP contribution in [0.1, 0.15) is 29.8 Å². The van der Waals surface area contributed by atoms with E-state index in [1.807, 2.05) is 16.3 Å². The van der Waals surface area contributed by atoms with Gasteiger partial charge < -0.3 is 9.32 Å². The smallest absolute Gasteiger partial charge is 0.273 e. The lowest BCUT2D eigenvalue weighted by Crippen LogP contribution is -2.37. The third-order valence-corrected chi connectivity index (χ3v) is 5.05. The molecule has 98 valence electrons. The summed E-state index contributed by atoms with van der Waals surface area (Å²) in [5.41, 5.74) is 1.51. The topological polar surface area (TPSA) is 46.3 Å². The van der Waals surface area contributed by atoms with Crippen molar-refractivity contribution in [2.24, 2.45) is 5.92 Å². The van der Waals surface area contributed by atoms with Crippen LogP contribution in [-0.4, -0.2) is 28.4 Å². The Morgan fingerprint density at radius 1 is 1.47 bits per heavy atom. The summed E-state index contributed by atoms with van der Waals surface area (Å²) < 4.78 is 5.05. The van der Waals surface area contributed by atoms with Gasteiger partial charge in [-0.15, -0.1) is 11.3 Å². The van der Waals surface area contributed by atoms with E-state index in [1.165, 1.54) is 24.2 Å². The van der Waals surface area contributed by atoms with E-state index in [-0.39, 0.29) is 5.91 Å². The predicted molar refractivity (Wildman–Crippen MR) is 72.0 cm³/mol. The fraction of sp³-hybridized carbons (Fsp3) is 0.429. The predicted octanol–water partition coefficient (Wildman–Crippen LogP) is 3.03. The molecule has 2 atom stereocenters. The summed E-state index contributed by atoms with van der Waals surface area (Å²) in [7, 11) is 0. The first-order valence-corrected chi connectivity index (χ1v) is 7.48. The number of furan rings is 1. The minimum atomic E-state index is 0.0956. The number of hydrogen-bond acceptors (Lipinski definition) is 4. The summed E-state index contributed by atoms with van der Waals surface area (Å²) in [6.07, 6.45) is 6.91. The van der Waals surface area contributed by atoms with E-state index < -0.39 is 0 Å². The van der Waals surface area contributed by atoms with Gasteiger partial charge >= 0.3 is 0 Å². The number of piperidine rings is 1. The van der Waals surface area contributed by atoms with Crippen LogP contribution in [0.4, 0.5) is 0 Å².